The molecule has 9 heteroatoms. The summed E-state index contributed by atoms with van der Waals surface area (Å²) in [6.45, 7) is -0.384. The highest BCUT2D eigenvalue weighted by molar-refractivity contribution is 7.46. The van der Waals surface area contributed by atoms with Crippen LogP contribution in [-0.2, 0) is 13.8 Å². The topological polar surface area (TPSA) is 142 Å². The van der Waals surface area contributed by atoms with Crippen molar-refractivity contribution in [2.45, 2.75) is 31.0 Å². The summed E-state index contributed by atoms with van der Waals surface area (Å²) in [5.74, 6) is 0. The Kier molecular flexibility index (Phi) is 4.21. The first kappa shape index (κ1) is 13.0. The lowest BCUT2D eigenvalue weighted by Gasteiger charge is -2.36. The highest BCUT2D eigenvalue weighted by Crippen LogP contribution is 2.40. The highest BCUT2D eigenvalue weighted by Gasteiger charge is 2.39. The SMILES string of the molecule is N[C@H]1[C@@H](OP(=O)(O)O)O[C@H](CO)C[C@@H]1O. The monoisotopic (exact) mass is 243 g/mol. The van der Waals surface area contributed by atoms with Crippen LogP contribution in [0, 0.1) is 0 Å². The van der Waals surface area contributed by atoms with E-state index in [1.54, 1.807) is 0 Å². The van der Waals surface area contributed by atoms with Crippen molar-refractivity contribution in [1.29, 1.82) is 0 Å². The third kappa shape index (κ3) is 3.78. The molecule has 15 heavy (non-hydrogen) atoms. The molecule has 0 aromatic rings. The van der Waals surface area contributed by atoms with Crippen LogP contribution in [0.4, 0.5) is 0 Å². The van der Waals surface area contributed by atoms with Gasteiger partial charge >= 0.3 is 7.82 Å². The number of rotatable bonds is 3. The van der Waals surface area contributed by atoms with Gasteiger partial charge in [0.1, 0.15) is 0 Å². The fourth-order valence-corrected chi connectivity index (χ4v) is 1.75. The number of aliphatic hydroxyl groups excluding tert-OH is 2. The summed E-state index contributed by atoms with van der Waals surface area (Å²) in [5.41, 5.74) is 5.42. The predicted octanol–water partition coefficient (Wildman–Crippen LogP) is -2.11. The minimum atomic E-state index is -4.73. The van der Waals surface area contributed by atoms with Gasteiger partial charge in [-0.15, -0.1) is 0 Å². The Labute approximate surface area is 85.9 Å². The van der Waals surface area contributed by atoms with Gasteiger partial charge in [-0.2, -0.15) is 0 Å². The van der Waals surface area contributed by atoms with E-state index in [9.17, 15) is 9.67 Å². The second-order valence-corrected chi connectivity index (χ2v) is 4.48. The van der Waals surface area contributed by atoms with Crippen molar-refractivity contribution in [3.8, 4) is 0 Å². The van der Waals surface area contributed by atoms with Gasteiger partial charge in [-0.3, -0.25) is 4.52 Å². The molecule has 1 heterocycles. The van der Waals surface area contributed by atoms with Crippen LogP contribution in [0.1, 0.15) is 6.42 Å². The number of phosphoric ester groups is 1. The molecule has 0 bridgehead atoms. The molecule has 1 rings (SSSR count). The van der Waals surface area contributed by atoms with E-state index >= 15 is 0 Å². The van der Waals surface area contributed by atoms with Gasteiger partial charge in [0.25, 0.3) is 0 Å². The van der Waals surface area contributed by atoms with E-state index in [1.807, 2.05) is 0 Å². The van der Waals surface area contributed by atoms with Gasteiger partial charge < -0.3 is 30.5 Å². The Morgan fingerprint density at radius 3 is 2.60 bits per heavy atom. The van der Waals surface area contributed by atoms with Crippen molar-refractivity contribution < 1.29 is 33.8 Å². The van der Waals surface area contributed by atoms with Gasteiger partial charge in [-0.05, 0) is 0 Å². The summed E-state index contributed by atoms with van der Waals surface area (Å²) in [6, 6.07) is -1.06. The molecule has 8 nitrogen and oxygen atoms in total. The fraction of sp³-hybridized carbons (Fsp3) is 1.00. The van der Waals surface area contributed by atoms with Crippen LogP contribution in [0.15, 0.2) is 0 Å². The molecule has 0 spiro atoms. The second-order valence-electron chi connectivity index (χ2n) is 3.29. The molecule has 0 saturated carbocycles. The van der Waals surface area contributed by atoms with Crippen molar-refractivity contribution >= 4 is 7.82 Å². The van der Waals surface area contributed by atoms with E-state index in [0.29, 0.717) is 0 Å². The first-order chi connectivity index (χ1) is 6.83. The number of aliphatic hydroxyl groups is 2. The standard InChI is InChI=1S/C6H14NO7P/c7-5-4(9)1-3(2-8)13-6(5)14-15(10,11)12/h3-6,8-9H,1-2,7H2,(H2,10,11,12)/t3-,4-,5+,6+/m0/s1. The van der Waals surface area contributed by atoms with Crippen LogP contribution < -0.4 is 5.73 Å². The molecule has 1 saturated heterocycles. The van der Waals surface area contributed by atoms with E-state index in [1.165, 1.54) is 0 Å². The third-order valence-corrected chi connectivity index (χ3v) is 2.52. The highest BCUT2D eigenvalue weighted by atomic mass is 31.2. The first-order valence-corrected chi connectivity index (χ1v) is 5.80. The quantitative estimate of drug-likeness (QED) is 0.354. The molecule has 1 aliphatic heterocycles. The molecule has 0 radical (unpaired) electrons. The first-order valence-electron chi connectivity index (χ1n) is 4.27. The zero-order valence-electron chi connectivity index (χ0n) is 7.76. The van der Waals surface area contributed by atoms with Crippen LogP contribution in [-0.4, -0.2) is 51.1 Å². The van der Waals surface area contributed by atoms with E-state index < -0.39 is 32.4 Å². The van der Waals surface area contributed by atoms with Crippen LogP contribution in [0.5, 0.6) is 0 Å². The van der Waals surface area contributed by atoms with E-state index in [4.69, 9.17) is 25.4 Å². The minimum Gasteiger partial charge on any atom is -0.394 e. The summed E-state index contributed by atoms with van der Waals surface area (Å²) in [4.78, 5) is 17.1. The van der Waals surface area contributed by atoms with Crippen LogP contribution in [0.25, 0.3) is 0 Å². The maximum absolute atomic E-state index is 10.5. The Balaban J connectivity index is 2.64. The largest absolute Gasteiger partial charge is 0.471 e. The van der Waals surface area contributed by atoms with E-state index in [0.717, 1.165) is 0 Å². The summed E-state index contributed by atoms with van der Waals surface area (Å²) >= 11 is 0. The normalized spacial score (nSPS) is 37.9. The average molecular weight is 243 g/mol. The smallest absolute Gasteiger partial charge is 0.394 e. The van der Waals surface area contributed by atoms with Gasteiger partial charge in [0.15, 0.2) is 6.29 Å². The van der Waals surface area contributed by atoms with Crippen molar-refractivity contribution in [3.05, 3.63) is 0 Å². The molecular weight excluding hydrogens is 229 g/mol. The van der Waals surface area contributed by atoms with Crippen LogP contribution in [0.3, 0.4) is 0 Å². The van der Waals surface area contributed by atoms with E-state index in [-0.39, 0.29) is 13.0 Å². The summed E-state index contributed by atoms with van der Waals surface area (Å²) in [5, 5.41) is 18.2. The molecule has 0 unspecified atom stereocenters. The summed E-state index contributed by atoms with van der Waals surface area (Å²) < 4.78 is 19.7. The maximum atomic E-state index is 10.5. The van der Waals surface area contributed by atoms with Gasteiger partial charge in [-0.1, -0.05) is 0 Å². The molecule has 6 N–H and O–H groups in total. The van der Waals surface area contributed by atoms with E-state index in [2.05, 4.69) is 4.52 Å². The number of ether oxygens (including phenoxy) is 1. The molecule has 1 aliphatic rings. The number of hydrogen-bond acceptors (Lipinski definition) is 6. The molecular formula is C6H14NO7P. The number of phosphoric acid groups is 1. The second kappa shape index (κ2) is 4.86. The zero-order chi connectivity index (χ0) is 11.6. The maximum Gasteiger partial charge on any atom is 0.471 e. The molecule has 4 atom stereocenters. The van der Waals surface area contributed by atoms with Crippen molar-refractivity contribution in [2.24, 2.45) is 5.73 Å². The Morgan fingerprint density at radius 1 is 1.53 bits per heavy atom. The minimum absolute atomic E-state index is 0.0959. The summed E-state index contributed by atoms with van der Waals surface area (Å²) in [6.07, 6.45) is -3.10. The van der Waals surface area contributed by atoms with Crippen LogP contribution in [0.2, 0.25) is 0 Å². The lowest BCUT2D eigenvalue weighted by atomic mass is 10.0. The average Bonchev–Trinajstić information content (AvgIpc) is 2.10. The molecule has 0 aliphatic carbocycles. The summed E-state index contributed by atoms with van der Waals surface area (Å²) in [7, 11) is -4.73. The molecule has 0 aromatic carbocycles. The van der Waals surface area contributed by atoms with Gasteiger partial charge in [0, 0.05) is 6.42 Å². The van der Waals surface area contributed by atoms with Gasteiger partial charge in [0.05, 0.1) is 24.9 Å². The third-order valence-electron chi connectivity index (χ3n) is 2.03. The lowest BCUT2D eigenvalue weighted by molar-refractivity contribution is -0.200. The molecule has 90 valence electrons. The number of nitrogens with two attached hydrogens (primary N) is 1. The van der Waals surface area contributed by atoms with Crippen LogP contribution >= 0.6 is 7.82 Å². The molecule has 0 amide bonds. The van der Waals surface area contributed by atoms with Gasteiger partial charge in [0.2, 0.25) is 0 Å². The zero-order valence-corrected chi connectivity index (χ0v) is 8.66. The van der Waals surface area contributed by atoms with Crippen molar-refractivity contribution in [1.82, 2.24) is 0 Å². The molecule has 1 fully saturated rings. The Morgan fingerprint density at radius 2 is 2.13 bits per heavy atom. The Hall–Kier alpha value is -0.0500. The Bertz CT molecular complexity index is 256. The van der Waals surface area contributed by atoms with Crippen molar-refractivity contribution in [3.63, 3.8) is 0 Å². The molecule has 0 aromatic heterocycles. The van der Waals surface area contributed by atoms with Crippen molar-refractivity contribution in [2.75, 3.05) is 6.61 Å². The fourth-order valence-electron chi connectivity index (χ4n) is 1.29. The lowest BCUT2D eigenvalue weighted by Crippen LogP contribution is -2.54. The number of hydrogen-bond donors (Lipinski definition) is 5. The predicted molar refractivity (Wildman–Crippen MR) is 47.5 cm³/mol. The van der Waals surface area contributed by atoms with Gasteiger partial charge in [-0.25, -0.2) is 4.57 Å².